The Morgan fingerprint density at radius 1 is 1.43 bits per heavy atom. The zero-order chi connectivity index (χ0) is 16.2. The molecule has 7 heteroatoms. The highest BCUT2D eigenvalue weighted by Crippen LogP contribution is 2.39. The molecule has 0 amide bonds. The van der Waals surface area contributed by atoms with E-state index < -0.39 is 11.2 Å². The van der Waals surface area contributed by atoms with Crippen molar-refractivity contribution in [2.24, 2.45) is 0 Å². The van der Waals surface area contributed by atoms with E-state index in [0.29, 0.717) is 16.5 Å². The van der Waals surface area contributed by atoms with Crippen molar-refractivity contribution in [2.75, 3.05) is 6.61 Å². The maximum absolute atomic E-state index is 11.6. The lowest BCUT2D eigenvalue weighted by Gasteiger charge is -2.09. The summed E-state index contributed by atoms with van der Waals surface area (Å²) >= 11 is 2.69. The van der Waals surface area contributed by atoms with Crippen molar-refractivity contribution in [1.29, 1.82) is 0 Å². The lowest BCUT2D eigenvalue weighted by Crippen LogP contribution is -2.07. The van der Waals surface area contributed by atoms with Crippen LogP contribution >= 0.6 is 23.1 Å². The number of rotatable bonds is 6. The van der Waals surface area contributed by atoms with Crippen molar-refractivity contribution in [3.05, 3.63) is 48.3 Å². The minimum absolute atomic E-state index is 0.605. The number of pyridine rings is 1. The van der Waals surface area contributed by atoms with Crippen LogP contribution in [0.3, 0.4) is 0 Å². The van der Waals surface area contributed by atoms with E-state index >= 15 is 0 Å². The van der Waals surface area contributed by atoms with Gasteiger partial charge in [-0.05, 0) is 36.8 Å². The number of hydrogen-bond donors (Lipinski definition) is 1. The maximum atomic E-state index is 11.6. The first-order chi connectivity index (χ1) is 11.2. The molecule has 0 radical (unpaired) electrons. The number of fused-ring (bicyclic) bond motifs is 1. The Morgan fingerprint density at radius 2 is 2.30 bits per heavy atom. The molecular formula is C16H14N2O3S2. The number of ether oxygens (including phenoxy) is 1. The van der Waals surface area contributed by atoms with E-state index in [0.717, 1.165) is 16.0 Å². The number of benzene rings is 1. The van der Waals surface area contributed by atoms with Gasteiger partial charge in [0.25, 0.3) is 0 Å². The van der Waals surface area contributed by atoms with Gasteiger partial charge in [0.15, 0.2) is 4.34 Å². The second kappa shape index (κ2) is 6.97. The summed E-state index contributed by atoms with van der Waals surface area (Å²) in [5, 5.41) is 8.76. The SMILES string of the molecule is CCOc1ccc2nc(SC(C(=O)O)c3cccnc3)sc2c1. The predicted octanol–water partition coefficient (Wildman–Crippen LogP) is 4.01. The van der Waals surface area contributed by atoms with Gasteiger partial charge in [0.2, 0.25) is 0 Å². The smallest absolute Gasteiger partial charge is 0.321 e. The molecule has 0 aliphatic heterocycles. The van der Waals surface area contributed by atoms with Crippen LogP contribution in [0.2, 0.25) is 0 Å². The first kappa shape index (κ1) is 15.8. The molecule has 0 saturated carbocycles. The second-order valence-corrected chi connectivity index (χ2v) is 7.05. The van der Waals surface area contributed by atoms with Gasteiger partial charge in [-0.25, -0.2) is 4.98 Å². The van der Waals surface area contributed by atoms with Crippen molar-refractivity contribution in [3.8, 4) is 5.75 Å². The fourth-order valence-corrected chi connectivity index (χ4v) is 4.29. The monoisotopic (exact) mass is 346 g/mol. The molecule has 2 heterocycles. The lowest BCUT2D eigenvalue weighted by molar-refractivity contribution is -0.136. The van der Waals surface area contributed by atoms with Crippen LogP contribution in [0.5, 0.6) is 5.75 Å². The quantitative estimate of drug-likeness (QED) is 0.680. The summed E-state index contributed by atoms with van der Waals surface area (Å²) in [6.45, 7) is 2.54. The van der Waals surface area contributed by atoms with E-state index in [1.165, 1.54) is 23.1 Å². The summed E-state index contributed by atoms with van der Waals surface area (Å²) in [6.07, 6.45) is 3.20. The third-order valence-corrected chi connectivity index (χ3v) is 5.44. The molecule has 0 aliphatic carbocycles. The molecule has 1 N–H and O–H groups in total. The molecule has 118 valence electrons. The normalized spacial score (nSPS) is 12.2. The topological polar surface area (TPSA) is 72.3 Å². The molecular weight excluding hydrogens is 332 g/mol. The summed E-state index contributed by atoms with van der Waals surface area (Å²) in [6, 6.07) is 9.19. The van der Waals surface area contributed by atoms with E-state index in [-0.39, 0.29) is 0 Å². The number of carboxylic acids is 1. The van der Waals surface area contributed by atoms with E-state index in [1.54, 1.807) is 24.5 Å². The highest BCUT2D eigenvalue weighted by atomic mass is 32.2. The Hall–Kier alpha value is -2.12. The molecule has 0 bridgehead atoms. The zero-order valence-corrected chi connectivity index (χ0v) is 13.9. The molecule has 2 aromatic heterocycles. The zero-order valence-electron chi connectivity index (χ0n) is 12.3. The number of hydrogen-bond acceptors (Lipinski definition) is 6. The minimum atomic E-state index is -0.905. The molecule has 0 spiro atoms. The van der Waals surface area contributed by atoms with Crippen LogP contribution in [0.1, 0.15) is 17.7 Å². The van der Waals surface area contributed by atoms with Crippen molar-refractivity contribution < 1.29 is 14.6 Å². The van der Waals surface area contributed by atoms with Crippen LogP contribution in [0.4, 0.5) is 0 Å². The van der Waals surface area contributed by atoms with E-state index in [9.17, 15) is 9.90 Å². The third-order valence-electron chi connectivity index (χ3n) is 3.08. The van der Waals surface area contributed by atoms with Crippen molar-refractivity contribution in [2.45, 2.75) is 16.5 Å². The number of thiazole rings is 1. The van der Waals surface area contributed by atoms with Gasteiger partial charge in [-0.1, -0.05) is 17.8 Å². The van der Waals surface area contributed by atoms with E-state index in [2.05, 4.69) is 9.97 Å². The molecule has 1 aromatic carbocycles. The Kier molecular flexibility index (Phi) is 4.78. The van der Waals surface area contributed by atoms with Crippen molar-refractivity contribution >= 4 is 39.3 Å². The van der Waals surface area contributed by atoms with Crippen LogP contribution in [-0.4, -0.2) is 27.7 Å². The second-order valence-electron chi connectivity index (χ2n) is 4.66. The molecule has 3 aromatic rings. The number of aromatic nitrogens is 2. The average molecular weight is 346 g/mol. The van der Waals surface area contributed by atoms with E-state index in [4.69, 9.17) is 4.74 Å². The van der Waals surface area contributed by atoms with Gasteiger partial charge in [-0.15, -0.1) is 11.3 Å². The minimum Gasteiger partial charge on any atom is -0.494 e. The summed E-state index contributed by atoms with van der Waals surface area (Å²) in [5.74, 6) is -0.112. The summed E-state index contributed by atoms with van der Waals surface area (Å²) in [5.41, 5.74) is 1.50. The first-order valence-corrected chi connectivity index (χ1v) is 8.69. The van der Waals surface area contributed by atoms with Gasteiger partial charge in [-0.3, -0.25) is 9.78 Å². The molecule has 23 heavy (non-hydrogen) atoms. The number of carbonyl (C=O) groups is 1. The third kappa shape index (κ3) is 3.62. The van der Waals surface area contributed by atoms with Gasteiger partial charge >= 0.3 is 5.97 Å². The number of nitrogens with zero attached hydrogens (tertiary/aromatic N) is 2. The largest absolute Gasteiger partial charge is 0.494 e. The molecule has 1 unspecified atom stereocenters. The predicted molar refractivity (Wildman–Crippen MR) is 91.3 cm³/mol. The summed E-state index contributed by atoms with van der Waals surface area (Å²) in [7, 11) is 0. The summed E-state index contributed by atoms with van der Waals surface area (Å²) < 4.78 is 7.17. The van der Waals surface area contributed by atoms with Gasteiger partial charge in [0.05, 0.1) is 16.8 Å². The molecule has 0 aliphatic rings. The van der Waals surface area contributed by atoms with Gasteiger partial charge in [-0.2, -0.15) is 0 Å². The number of carboxylic acid groups (broad SMARTS) is 1. The molecule has 1 atom stereocenters. The molecule has 5 nitrogen and oxygen atoms in total. The lowest BCUT2D eigenvalue weighted by atomic mass is 10.2. The van der Waals surface area contributed by atoms with Crippen molar-refractivity contribution in [3.63, 3.8) is 0 Å². The maximum Gasteiger partial charge on any atom is 0.321 e. The standard InChI is InChI=1S/C16H14N2O3S2/c1-2-21-11-5-6-12-13(8-11)22-16(18-12)23-14(15(19)20)10-4-3-7-17-9-10/h3-9,14H,2H2,1H3,(H,19,20). The first-order valence-electron chi connectivity index (χ1n) is 7.00. The van der Waals surface area contributed by atoms with Crippen LogP contribution in [-0.2, 0) is 4.79 Å². The average Bonchev–Trinajstić information content (AvgIpc) is 2.95. The van der Waals surface area contributed by atoms with Crippen LogP contribution in [0.25, 0.3) is 10.2 Å². The fraction of sp³-hybridized carbons (Fsp3) is 0.188. The highest BCUT2D eigenvalue weighted by molar-refractivity contribution is 8.02. The van der Waals surface area contributed by atoms with Gasteiger partial charge < -0.3 is 9.84 Å². The van der Waals surface area contributed by atoms with Crippen molar-refractivity contribution in [1.82, 2.24) is 9.97 Å². The Labute approximate surface area is 141 Å². The van der Waals surface area contributed by atoms with E-state index in [1.807, 2.05) is 25.1 Å². The molecule has 0 saturated heterocycles. The van der Waals surface area contributed by atoms with Gasteiger partial charge in [0, 0.05) is 12.4 Å². The highest BCUT2D eigenvalue weighted by Gasteiger charge is 2.23. The fourth-order valence-electron chi connectivity index (χ4n) is 2.08. The molecule has 0 fully saturated rings. The Morgan fingerprint density at radius 3 is 3.00 bits per heavy atom. The Bertz CT molecular complexity index is 821. The number of thioether (sulfide) groups is 1. The number of aliphatic carboxylic acids is 1. The van der Waals surface area contributed by atoms with Crippen LogP contribution in [0, 0.1) is 0 Å². The van der Waals surface area contributed by atoms with Gasteiger partial charge in [0.1, 0.15) is 11.0 Å². The Balaban J connectivity index is 1.88. The van der Waals surface area contributed by atoms with Crippen LogP contribution < -0.4 is 4.74 Å². The summed E-state index contributed by atoms with van der Waals surface area (Å²) in [4.78, 5) is 20.1. The molecule has 3 rings (SSSR count). The van der Waals surface area contributed by atoms with Crippen LogP contribution in [0.15, 0.2) is 47.1 Å².